The molecule has 2 rings (SSSR count). The van der Waals surface area contributed by atoms with Gasteiger partial charge in [-0.1, -0.05) is 6.07 Å². The Morgan fingerprint density at radius 2 is 2.41 bits per heavy atom. The molecule has 1 heterocycles. The molecule has 17 heavy (non-hydrogen) atoms. The Kier molecular flexibility index (Phi) is 4.34. The molecule has 1 amide bonds. The van der Waals surface area contributed by atoms with Crippen LogP contribution >= 0.6 is 27.7 Å². The lowest BCUT2D eigenvalue weighted by Gasteiger charge is -2.11. The Morgan fingerprint density at radius 3 is 3.12 bits per heavy atom. The van der Waals surface area contributed by atoms with Crippen LogP contribution in [0, 0.1) is 0 Å². The van der Waals surface area contributed by atoms with Crippen LogP contribution in [0.5, 0.6) is 0 Å². The van der Waals surface area contributed by atoms with Gasteiger partial charge in [-0.3, -0.25) is 4.79 Å². The van der Waals surface area contributed by atoms with Crippen molar-refractivity contribution in [3.8, 4) is 0 Å². The van der Waals surface area contributed by atoms with E-state index in [9.17, 15) is 4.79 Å². The largest absolute Gasteiger partial charge is 0.398 e. The van der Waals surface area contributed by atoms with E-state index in [0.29, 0.717) is 21.0 Å². The average Bonchev–Trinajstić information content (AvgIpc) is 2.82. The van der Waals surface area contributed by atoms with Crippen molar-refractivity contribution in [1.82, 2.24) is 5.32 Å². The number of nitrogens with one attached hydrogen (secondary N) is 1. The molecular weight excluding hydrogens is 300 g/mol. The topological polar surface area (TPSA) is 55.1 Å². The fourth-order valence-corrected chi connectivity index (χ4v) is 3.48. The smallest absolute Gasteiger partial charge is 0.252 e. The van der Waals surface area contributed by atoms with Gasteiger partial charge >= 0.3 is 0 Å². The van der Waals surface area contributed by atoms with Crippen LogP contribution in [0.2, 0.25) is 0 Å². The van der Waals surface area contributed by atoms with Crippen LogP contribution < -0.4 is 11.1 Å². The normalized spacial score (nSPS) is 19.2. The van der Waals surface area contributed by atoms with Gasteiger partial charge < -0.3 is 11.1 Å². The van der Waals surface area contributed by atoms with E-state index in [4.69, 9.17) is 5.73 Å². The van der Waals surface area contributed by atoms with E-state index >= 15 is 0 Å². The van der Waals surface area contributed by atoms with E-state index in [0.717, 1.165) is 6.54 Å². The Balaban J connectivity index is 1.97. The third kappa shape index (κ3) is 3.16. The first-order valence-electron chi connectivity index (χ1n) is 5.62. The predicted molar refractivity (Wildman–Crippen MR) is 76.4 cm³/mol. The molecule has 1 fully saturated rings. The fraction of sp³-hybridized carbons (Fsp3) is 0.417. The molecule has 3 nitrogen and oxygen atoms in total. The molecule has 1 aromatic carbocycles. The van der Waals surface area contributed by atoms with Gasteiger partial charge in [0.1, 0.15) is 0 Å². The van der Waals surface area contributed by atoms with E-state index in [1.807, 2.05) is 11.8 Å². The minimum Gasteiger partial charge on any atom is -0.398 e. The lowest BCUT2D eigenvalue weighted by Crippen LogP contribution is -2.30. The van der Waals surface area contributed by atoms with Gasteiger partial charge in [-0.25, -0.2) is 0 Å². The summed E-state index contributed by atoms with van der Waals surface area (Å²) in [6, 6.07) is 5.34. The Morgan fingerprint density at radius 1 is 1.59 bits per heavy atom. The molecule has 1 unspecified atom stereocenters. The summed E-state index contributed by atoms with van der Waals surface area (Å²) in [6.45, 7) is 0.741. The monoisotopic (exact) mass is 314 g/mol. The number of carbonyl (C=O) groups is 1. The zero-order valence-electron chi connectivity index (χ0n) is 9.41. The summed E-state index contributed by atoms with van der Waals surface area (Å²) in [5, 5.41) is 3.53. The van der Waals surface area contributed by atoms with Crippen LogP contribution in [0.25, 0.3) is 0 Å². The summed E-state index contributed by atoms with van der Waals surface area (Å²) in [5.41, 5.74) is 6.94. The van der Waals surface area contributed by atoms with Crippen molar-refractivity contribution >= 4 is 39.3 Å². The van der Waals surface area contributed by atoms with E-state index in [-0.39, 0.29) is 5.91 Å². The number of benzene rings is 1. The first-order valence-corrected chi connectivity index (χ1v) is 7.46. The molecule has 0 radical (unpaired) electrons. The molecule has 1 saturated heterocycles. The highest BCUT2D eigenvalue weighted by Crippen LogP contribution is 2.26. The number of hydrogen-bond acceptors (Lipinski definition) is 3. The summed E-state index contributed by atoms with van der Waals surface area (Å²) >= 11 is 5.28. The molecule has 5 heteroatoms. The number of thioether (sulfide) groups is 1. The van der Waals surface area contributed by atoms with Crippen molar-refractivity contribution < 1.29 is 4.79 Å². The van der Waals surface area contributed by atoms with Crippen LogP contribution in [0.1, 0.15) is 23.2 Å². The lowest BCUT2D eigenvalue weighted by atomic mass is 10.2. The maximum atomic E-state index is 12.0. The minimum atomic E-state index is -0.0586. The number of amides is 1. The Hall–Kier alpha value is -0.680. The van der Waals surface area contributed by atoms with E-state index in [1.165, 1.54) is 18.6 Å². The third-order valence-corrected chi connectivity index (χ3v) is 5.07. The number of anilines is 1. The van der Waals surface area contributed by atoms with Crippen molar-refractivity contribution in [2.45, 2.75) is 18.1 Å². The highest BCUT2D eigenvalue weighted by molar-refractivity contribution is 9.10. The van der Waals surface area contributed by atoms with Gasteiger partial charge in [0.05, 0.1) is 10.0 Å². The average molecular weight is 315 g/mol. The molecule has 92 valence electrons. The predicted octanol–water partition coefficient (Wildman–Crippen LogP) is 2.66. The minimum absolute atomic E-state index is 0.0586. The van der Waals surface area contributed by atoms with Gasteiger partial charge in [-0.05, 0) is 46.7 Å². The fourth-order valence-electron chi connectivity index (χ4n) is 1.83. The van der Waals surface area contributed by atoms with Crippen molar-refractivity contribution in [3.05, 3.63) is 28.2 Å². The van der Waals surface area contributed by atoms with Crippen LogP contribution in [-0.2, 0) is 0 Å². The van der Waals surface area contributed by atoms with Gasteiger partial charge in [0.2, 0.25) is 0 Å². The van der Waals surface area contributed by atoms with Crippen molar-refractivity contribution in [1.29, 1.82) is 0 Å². The SMILES string of the molecule is Nc1cccc(C(=O)NCC2CCCS2)c1Br. The van der Waals surface area contributed by atoms with Crippen molar-refractivity contribution in [2.75, 3.05) is 18.0 Å². The molecule has 3 N–H and O–H groups in total. The zero-order chi connectivity index (χ0) is 12.3. The summed E-state index contributed by atoms with van der Waals surface area (Å²) in [7, 11) is 0. The second kappa shape index (κ2) is 5.78. The number of nitrogens with two attached hydrogens (primary N) is 1. The summed E-state index contributed by atoms with van der Waals surface area (Å²) < 4.78 is 0.677. The van der Waals surface area contributed by atoms with Crippen LogP contribution in [0.4, 0.5) is 5.69 Å². The van der Waals surface area contributed by atoms with Crippen LogP contribution in [0.15, 0.2) is 22.7 Å². The van der Waals surface area contributed by atoms with Crippen molar-refractivity contribution in [2.24, 2.45) is 0 Å². The van der Waals surface area contributed by atoms with E-state index in [2.05, 4.69) is 21.2 Å². The van der Waals surface area contributed by atoms with E-state index < -0.39 is 0 Å². The van der Waals surface area contributed by atoms with Gasteiger partial charge in [0.15, 0.2) is 0 Å². The molecule has 0 bridgehead atoms. The number of halogens is 1. The molecule has 1 atom stereocenters. The molecule has 1 aromatic rings. The number of hydrogen-bond donors (Lipinski definition) is 2. The quantitative estimate of drug-likeness (QED) is 0.843. The van der Waals surface area contributed by atoms with Gasteiger partial charge in [-0.15, -0.1) is 0 Å². The van der Waals surface area contributed by atoms with Gasteiger partial charge in [0, 0.05) is 17.5 Å². The molecule has 1 aliphatic rings. The molecule has 0 aromatic heterocycles. The Labute approximate surface area is 114 Å². The number of carbonyl (C=O) groups excluding carboxylic acids is 1. The standard InChI is InChI=1S/C12H15BrN2OS/c13-11-9(4-1-5-10(11)14)12(16)15-7-8-3-2-6-17-8/h1,4-5,8H,2-3,6-7,14H2,(H,15,16). The van der Waals surface area contributed by atoms with Crippen molar-refractivity contribution in [3.63, 3.8) is 0 Å². The summed E-state index contributed by atoms with van der Waals surface area (Å²) in [4.78, 5) is 12.0. The third-order valence-electron chi connectivity index (χ3n) is 2.79. The van der Waals surface area contributed by atoms with Crippen LogP contribution in [0.3, 0.4) is 0 Å². The summed E-state index contributed by atoms with van der Waals surface area (Å²) in [6.07, 6.45) is 2.45. The molecular formula is C12H15BrN2OS. The van der Waals surface area contributed by atoms with Crippen LogP contribution in [-0.4, -0.2) is 23.5 Å². The molecule has 0 spiro atoms. The van der Waals surface area contributed by atoms with Gasteiger partial charge in [0.25, 0.3) is 5.91 Å². The maximum Gasteiger partial charge on any atom is 0.252 e. The molecule has 0 aliphatic carbocycles. The highest BCUT2D eigenvalue weighted by Gasteiger charge is 2.17. The highest BCUT2D eigenvalue weighted by atomic mass is 79.9. The van der Waals surface area contributed by atoms with Gasteiger partial charge in [-0.2, -0.15) is 11.8 Å². The Bertz CT molecular complexity index is 419. The second-order valence-corrected chi connectivity index (χ2v) is 6.26. The lowest BCUT2D eigenvalue weighted by molar-refractivity contribution is 0.0953. The summed E-state index contributed by atoms with van der Waals surface area (Å²) in [5.74, 6) is 1.15. The number of rotatable bonds is 3. The van der Waals surface area contributed by atoms with E-state index in [1.54, 1.807) is 18.2 Å². The first kappa shape index (κ1) is 12.8. The number of nitrogen functional groups attached to an aromatic ring is 1. The zero-order valence-corrected chi connectivity index (χ0v) is 11.8. The molecule has 1 aliphatic heterocycles. The molecule has 0 saturated carbocycles. The first-order chi connectivity index (χ1) is 8.18. The second-order valence-electron chi connectivity index (χ2n) is 4.05. The maximum absolute atomic E-state index is 12.0.